The highest BCUT2D eigenvalue weighted by molar-refractivity contribution is 7.09. The molecule has 1 aromatic carbocycles. The van der Waals surface area contributed by atoms with E-state index in [4.69, 9.17) is 0 Å². The normalized spacial score (nSPS) is 15.1. The molecule has 2 heterocycles. The van der Waals surface area contributed by atoms with Gasteiger partial charge in [0.05, 0.1) is 0 Å². The second-order valence-electron chi connectivity index (χ2n) is 6.53. The largest absolute Gasteiger partial charge is 0.351 e. The highest BCUT2D eigenvalue weighted by Crippen LogP contribution is 2.24. The van der Waals surface area contributed by atoms with Gasteiger partial charge in [-0.05, 0) is 49.6 Å². The SMILES string of the molecule is CN(C)c1nsc(-c2cccc(C(=O)NCCN3CCCCC3)c2)n1. The van der Waals surface area contributed by atoms with E-state index in [-0.39, 0.29) is 5.91 Å². The first-order valence-corrected chi connectivity index (χ1v) is 9.53. The zero-order chi connectivity index (χ0) is 17.6. The molecule has 6 nitrogen and oxygen atoms in total. The summed E-state index contributed by atoms with van der Waals surface area (Å²) < 4.78 is 4.32. The van der Waals surface area contributed by atoms with Gasteiger partial charge >= 0.3 is 0 Å². The molecule has 0 spiro atoms. The molecule has 2 aromatic rings. The van der Waals surface area contributed by atoms with Crippen molar-refractivity contribution in [3.63, 3.8) is 0 Å². The van der Waals surface area contributed by atoms with Crippen LogP contribution in [0.1, 0.15) is 29.6 Å². The number of aromatic nitrogens is 2. The minimum Gasteiger partial charge on any atom is -0.351 e. The highest BCUT2D eigenvalue weighted by atomic mass is 32.1. The summed E-state index contributed by atoms with van der Waals surface area (Å²) in [5.41, 5.74) is 1.59. The smallest absolute Gasteiger partial charge is 0.251 e. The van der Waals surface area contributed by atoms with Gasteiger partial charge in [0.2, 0.25) is 5.95 Å². The Morgan fingerprint density at radius 2 is 2.08 bits per heavy atom. The van der Waals surface area contributed by atoms with Crippen LogP contribution in [-0.2, 0) is 0 Å². The number of likely N-dealkylation sites (tertiary alicyclic amines) is 1. The molecule has 25 heavy (non-hydrogen) atoms. The number of benzene rings is 1. The molecule has 1 saturated heterocycles. The van der Waals surface area contributed by atoms with Crippen LogP contribution >= 0.6 is 11.5 Å². The molecule has 0 aliphatic carbocycles. The number of carbonyl (C=O) groups excluding carboxylic acids is 1. The number of carbonyl (C=O) groups is 1. The molecule has 0 unspecified atom stereocenters. The number of nitrogens with zero attached hydrogens (tertiary/aromatic N) is 4. The van der Waals surface area contributed by atoms with Crippen molar-refractivity contribution in [1.29, 1.82) is 0 Å². The minimum absolute atomic E-state index is 0.0313. The molecule has 0 bridgehead atoms. The quantitative estimate of drug-likeness (QED) is 0.859. The standard InChI is InChI=1S/C18H25N5OS/c1-22(2)18-20-17(25-21-18)15-8-6-7-14(13-15)16(24)19-9-12-23-10-4-3-5-11-23/h6-8,13H,3-5,9-12H2,1-2H3,(H,19,24). The Morgan fingerprint density at radius 1 is 1.28 bits per heavy atom. The third kappa shape index (κ3) is 4.76. The van der Waals surface area contributed by atoms with Crippen LogP contribution in [0.3, 0.4) is 0 Å². The minimum atomic E-state index is -0.0313. The van der Waals surface area contributed by atoms with E-state index in [2.05, 4.69) is 19.6 Å². The monoisotopic (exact) mass is 359 g/mol. The number of hydrogen-bond acceptors (Lipinski definition) is 6. The van der Waals surface area contributed by atoms with Crippen LogP contribution < -0.4 is 10.2 Å². The van der Waals surface area contributed by atoms with Crippen LogP contribution in [0, 0.1) is 0 Å². The second-order valence-corrected chi connectivity index (χ2v) is 7.28. The summed E-state index contributed by atoms with van der Waals surface area (Å²) in [5, 5.41) is 3.85. The maximum absolute atomic E-state index is 12.4. The molecule has 1 amide bonds. The molecule has 1 N–H and O–H groups in total. The van der Waals surface area contributed by atoms with Crippen LogP contribution in [-0.4, -0.2) is 60.4 Å². The highest BCUT2D eigenvalue weighted by Gasteiger charge is 2.13. The van der Waals surface area contributed by atoms with Crippen LogP contribution in [0.25, 0.3) is 10.6 Å². The molecule has 1 fully saturated rings. The van der Waals surface area contributed by atoms with Crippen LogP contribution in [0.4, 0.5) is 5.95 Å². The molecule has 0 saturated carbocycles. The molecule has 7 heteroatoms. The number of rotatable bonds is 6. The Bertz CT molecular complexity index is 709. The molecule has 3 rings (SSSR count). The summed E-state index contributed by atoms with van der Waals surface area (Å²) >= 11 is 1.35. The molecular formula is C18H25N5OS. The van der Waals surface area contributed by atoms with Crippen molar-refractivity contribution in [1.82, 2.24) is 19.6 Å². The van der Waals surface area contributed by atoms with Gasteiger partial charge < -0.3 is 15.1 Å². The Labute approximate surface area is 153 Å². The van der Waals surface area contributed by atoms with E-state index in [1.54, 1.807) is 0 Å². The molecule has 1 aliphatic rings. The number of hydrogen-bond donors (Lipinski definition) is 1. The summed E-state index contributed by atoms with van der Waals surface area (Å²) in [6.07, 6.45) is 3.87. The van der Waals surface area contributed by atoms with Gasteiger partial charge in [0.1, 0.15) is 5.01 Å². The van der Waals surface area contributed by atoms with E-state index in [1.807, 2.05) is 43.3 Å². The van der Waals surface area contributed by atoms with Crippen molar-refractivity contribution in [2.75, 3.05) is 45.2 Å². The van der Waals surface area contributed by atoms with Crippen molar-refractivity contribution in [3.8, 4) is 10.6 Å². The van der Waals surface area contributed by atoms with Crippen LogP contribution in [0.5, 0.6) is 0 Å². The number of anilines is 1. The van der Waals surface area contributed by atoms with Crippen molar-refractivity contribution in [2.45, 2.75) is 19.3 Å². The van der Waals surface area contributed by atoms with Crippen molar-refractivity contribution in [2.24, 2.45) is 0 Å². The van der Waals surface area contributed by atoms with Crippen molar-refractivity contribution in [3.05, 3.63) is 29.8 Å². The van der Waals surface area contributed by atoms with Gasteiger partial charge in [-0.25, -0.2) is 0 Å². The lowest BCUT2D eigenvalue weighted by molar-refractivity contribution is 0.0946. The van der Waals surface area contributed by atoms with E-state index in [1.165, 1.54) is 30.8 Å². The van der Waals surface area contributed by atoms with Crippen LogP contribution in [0.2, 0.25) is 0 Å². The summed E-state index contributed by atoms with van der Waals surface area (Å²) in [5.74, 6) is 0.660. The van der Waals surface area contributed by atoms with Crippen molar-refractivity contribution >= 4 is 23.4 Å². The lowest BCUT2D eigenvalue weighted by Gasteiger charge is -2.26. The zero-order valence-corrected chi connectivity index (χ0v) is 15.7. The van der Waals surface area contributed by atoms with E-state index in [9.17, 15) is 4.79 Å². The lowest BCUT2D eigenvalue weighted by Crippen LogP contribution is -2.37. The first kappa shape index (κ1) is 17.8. The Hall–Kier alpha value is -1.99. The van der Waals surface area contributed by atoms with Gasteiger partial charge in [0.25, 0.3) is 5.91 Å². The fourth-order valence-electron chi connectivity index (χ4n) is 2.92. The summed E-state index contributed by atoms with van der Waals surface area (Å²) in [4.78, 5) is 21.2. The summed E-state index contributed by atoms with van der Waals surface area (Å²) in [7, 11) is 3.83. The Morgan fingerprint density at radius 3 is 2.80 bits per heavy atom. The second kappa shape index (κ2) is 8.40. The fourth-order valence-corrected chi connectivity index (χ4v) is 3.65. The summed E-state index contributed by atoms with van der Waals surface area (Å²) in [6.45, 7) is 3.91. The molecule has 1 aliphatic heterocycles. The molecule has 134 valence electrons. The first-order valence-electron chi connectivity index (χ1n) is 8.75. The maximum Gasteiger partial charge on any atom is 0.251 e. The predicted octanol–water partition coefficient (Wildman–Crippen LogP) is 2.49. The van der Waals surface area contributed by atoms with E-state index >= 15 is 0 Å². The number of piperidine rings is 1. The Kier molecular flexibility index (Phi) is 5.99. The van der Waals surface area contributed by atoms with E-state index < -0.39 is 0 Å². The van der Waals surface area contributed by atoms with Gasteiger partial charge in [-0.15, -0.1) is 0 Å². The molecule has 0 atom stereocenters. The van der Waals surface area contributed by atoms with Crippen molar-refractivity contribution < 1.29 is 4.79 Å². The van der Waals surface area contributed by atoms with Gasteiger partial charge in [-0.3, -0.25) is 4.79 Å². The van der Waals surface area contributed by atoms with E-state index in [0.29, 0.717) is 18.1 Å². The van der Waals surface area contributed by atoms with Gasteiger partial charge in [0, 0.05) is 38.3 Å². The zero-order valence-electron chi connectivity index (χ0n) is 14.9. The molecule has 0 radical (unpaired) electrons. The topological polar surface area (TPSA) is 61.4 Å². The summed E-state index contributed by atoms with van der Waals surface area (Å²) in [6, 6.07) is 7.58. The fraction of sp³-hybridized carbons (Fsp3) is 0.500. The third-order valence-electron chi connectivity index (χ3n) is 4.35. The predicted molar refractivity (Wildman–Crippen MR) is 102 cm³/mol. The molecular weight excluding hydrogens is 334 g/mol. The van der Waals surface area contributed by atoms with E-state index in [0.717, 1.165) is 30.2 Å². The lowest BCUT2D eigenvalue weighted by atomic mass is 10.1. The first-order chi connectivity index (χ1) is 12.1. The average Bonchev–Trinajstić information content (AvgIpc) is 3.13. The average molecular weight is 359 g/mol. The third-order valence-corrected chi connectivity index (χ3v) is 5.10. The Balaban J connectivity index is 1.59. The van der Waals surface area contributed by atoms with Crippen LogP contribution in [0.15, 0.2) is 24.3 Å². The van der Waals surface area contributed by atoms with Gasteiger partial charge in [-0.2, -0.15) is 9.36 Å². The molecule has 1 aromatic heterocycles. The number of nitrogens with one attached hydrogen (secondary N) is 1. The van der Waals surface area contributed by atoms with Gasteiger partial charge in [-0.1, -0.05) is 18.6 Å². The number of amides is 1. The maximum atomic E-state index is 12.4. The van der Waals surface area contributed by atoms with Gasteiger partial charge in [0.15, 0.2) is 0 Å².